The molecule has 0 spiro atoms. The van der Waals surface area contributed by atoms with Crippen molar-refractivity contribution in [2.24, 2.45) is 4.99 Å². The predicted octanol–water partition coefficient (Wildman–Crippen LogP) is 4.34. The standard InChI is InChI=1S/C18H27BrFN3OS.HI/c1-3-21-18(22-12-13-8-9-16(19)17(20)10-13)23-14-6-5-7-15(11-14)25(24)4-2;/h8-10,14-15H,3-7,11-12H2,1-2H3,(H2,21,22,23);1H. The minimum atomic E-state index is -0.737. The Morgan fingerprint density at radius 1 is 1.38 bits per heavy atom. The van der Waals surface area contributed by atoms with Crippen LogP contribution in [0.3, 0.4) is 0 Å². The largest absolute Gasteiger partial charge is 0.357 e. The maximum atomic E-state index is 13.6. The molecule has 8 heteroatoms. The highest BCUT2D eigenvalue weighted by atomic mass is 127. The SMILES string of the molecule is CCNC(=NCc1ccc(Br)c(F)c1)NC1CCCC(S(=O)CC)C1.I. The van der Waals surface area contributed by atoms with Gasteiger partial charge in [0.2, 0.25) is 0 Å². The van der Waals surface area contributed by atoms with Crippen LogP contribution >= 0.6 is 39.9 Å². The van der Waals surface area contributed by atoms with Crippen LogP contribution in [0, 0.1) is 5.82 Å². The van der Waals surface area contributed by atoms with Crippen LogP contribution in [0.5, 0.6) is 0 Å². The number of hydrogen-bond acceptors (Lipinski definition) is 2. The highest BCUT2D eigenvalue weighted by molar-refractivity contribution is 14.0. The third-order valence-corrected chi connectivity index (χ3v) is 6.76. The summed E-state index contributed by atoms with van der Waals surface area (Å²) in [5, 5.41) is 6.99. The van der Waals surface area contributed by atoms with Crippen LogP contribution in [0.1, 0.15) is 45.1 Å². The molecule has 26 heavy (non-hydrogen) atoms. The second-order valence-electron chi connectivity index (χ2n) is 6.24. The molecule has 1 aromatic carbocycles. The minimum absolute atomic E-state index is 0. The van der Waals surface area contributed by atoms with Gasteiger partial charge in [0.15, 0.2) is 5.96 Å². The summed E-state index contributed by atoms with van der Waals surface area (Å²) in [4.78, 5) is 4.58. The molecule has 1 fully saturated rings. The van der Waals surface area contributed by atoms with E-state index < -0.39 is 10.8 Å². The molecule has 0 saturated heterocycles. The summed E-state index contributed by atoms with van der Waals surface area (Å²) in [6.07, 6.45) is 4.11. The van der Waals surface area contributed by atoms with E-state index in [0.29, 0.717) is 11.0 Å². The topological polar surface area (TPSA) is 53.5 Å². The summed E-state index contributed by atoms with van der Waals surface area (Å²) < 4.78 is 26.2. The Hall–Kier alpha value is -0.220. The monoisotopic (exact) mass is 559 g/mol. The van der Waals surface area contributed by atoms with Crippen LogP contribution in [-0.2, 0) is 17.3 Å². The van der Waals surface area contributed by atoms with Crippen LogP contribution < -0.4 is 10.6 Å². The lowest BCUT2D eigenvalue weighted by Crippen LogP contribution is -2.46. The van der Waals surface area contributed by atoms with Crippen LogP contribution in [0.2, 0.25) is 0 Å². The van der Waals surface area contributed by atoms with Gasteiger partial charge in [0.05, 0.1) is 11.0 Å². The zero-order valence-corrected chi connectivity index (χ0v) is 20.0. The summed E-state index contributed by atoms with van der Waals surface area (Å²) in [5.74, 6) is 1.18. The van der Waals surface area contributed by atoms with Crippen molar-refractivity contribution < 1.29 is 8.60 Å². The fourth-order valence-electron chi connectivity index (χ4n) is 3.07. The first-order chi connectivity index (χ1) is 12.0. The molecule has 3 atom stereocenters. The Balaban J connectivity index is 0.00000338. The molecular formula is C18H28BrFIN3OS. The number of benzene rings is 1. The number of guanidine groups is 1. The van der Waals surface area contributed by atoms with Gasteiger partial charge < -0.3 is 10.6 Å². The smallest absolute Gasteiger partial charge is 0.191 e. The fraction of sp³-hybridized carbons (Fsp3) is 0.611. The number of hydrogen-bond donors (Lipinski definition) is 2. The van der Waals surface area contributed by atoms with Crippen molar-refractivity contribution in [3.8, 4) is 0 Å². The molecule has 4 nitrogen and oxygen atoms in total. The molecule has 1 aliphatic carbocycles. The highest BCUT2D eigenvalue weighted by Crippen LogP contribution is 2.23. The van der Waals surface area contributed by atoms with Crippen LogP contribution in [0.4, 0.5) is 4.39 Å². The van der Waals surface area contributed by atoms with Crippen molar-refractivity contribution in [3.05, 3.63) is 34.1 Å². The number of nitrogens with zero attached hydrogens (tertiary/aromatic N) is 1. The van der Waals surface area contributed by atoms with Crippen LogP contribution in [0.25, 0.3) is 0 Å². The van der Waals surface area contributed by atoms with E-state index in [1.54, 1.807) is 6.07 Å². The predicted molar refractivity (Wildman–Crippen MR) is 122 cm³/mol. The Kier molecular flexibility index (Phi) is 11.2. The van der Waals surface area contributed by atoms with E-state index in [1.165, 1.54) is 6.07 Å². The first kappa shape index (κ1) is 23.8. The average molecular weight is 560 g/mol. The van der Waals surface area contributed by atoms with Gasteiger partial charge in [-0.1, -0.05) is 19.4 Å². The van der Waals surface area contributed by atoms with Gasteiger partial charge in [-0.25, -0.2) is 9.38 Å². The van der Waals surface area contributed by atoms with E-state index in [0.717, 1.165) is 49.5 Å². The zero-order valence-electron chi connectivity index (χ0n) is 15.3. The molecule has 0 aliphatic heterocycles. The molecule has 0 amide bonds. The van der Waals surface area contributed by atoms with Crippen LogP contribution in [0.15, 0.2) is 27.7 Å². The van der Waals surface area contributed by atoms with E-state index in [9.17, 15) is 8.60 Å². The third kappa shape index (κ3) is 7.42. The quantitative estimate of drug-likeness (QED) is 0.310. The lowest BCUT2D eigenvalue weighted by Gasteiger charge is -2.30. The molecule has 0 heterocycles. The van der Waals surface area contributed by atoms with E-state index in [2.05, 4.69) is 31.6 Å². The second kappa shape index (κ2) is 12.3. The van der Waals surface area contributed by atoms with E-state index in [1.807, 2.05) is 19.9 Å². The maximum absolute atomic E-state index is 13.6. The van der Waals surface area contributed by atoms with Gasteiger partial charge in [-0.05, 0) is 59.8 Å². The fourth-order valence-corrected chi connectivity index (χ4v) is 4.67. The van der Waals surface area contributed by atoms with Gasteiger partial charge in [0, 0.05) is 34.4 Å². The molecule has 2 rings (SSSR count). The van der Waals surface area contributed by atoms with Crippen molar-refractivity contribution in [1.82, 2.24) is 10.6 Å². The molecule has 1 aromatic rings. The zero-order chi connectivity index (χ0) is 18.2. The molecule has 0 aromatic heterocycles. The number of halogens is 3. The molecular weight excluding hydrogens is 532 g/mol. The number of aliphatic imine (C=N–C) groups is 1. The number of nitrogens with one attached hydrogen (secondary N) is 2. The third-order valence-electron chi connectivity index (χ3n) is 4.37. The normalized spacial score (nSPS) is 21.6. The van der Waals surface area contributed by atoms with Gasteiger partial charge in [0.1, 0.15) is 5.82 Å². The Morgan fingerprint density at radius 2 is 2.15 bits per heavy atom. The van der Waals surface area contributed by atoms with E-state index in [-0.39, 0.29) is 41.1 Å². The van der Waals surface area contributed by atoms with E-state index >= 15 is 0 Å². The lowest BCUT2D eigenvalue weighted by atomic mass is 9.95. The average Bonchev–Trinajstić information content (AvgIpc) is 2.62. The van der Waals surface area contributed by atoms with Gasteiger partial charge in [0.25, 0.3) is 0 Å². The Bertz CT molecular complexity index is 632. The minimum Gasteiger partial charge on any atom is -0.357 e. The lowest BCUT2D eigenvalue weighted by molar-refractivity contribution is 0.413. The van der Waals surface area contributed by atoms with Crippen molar-refractivity contribution in [3.63, 3.8) is 0 Å². The first-order valence-electron chi connectivity index (χ1n) is 8.89. The molecule has 0 bridgehead atoms. The van der Waals surface area contributed by atoms with E-state index in [4.69, 9.17) is 0 Å². The van der Waals surface area contributed by atoms with Crippen LogP contribution in [-0.4, -0.2) is 33.8 Å². The molecule has 2 N–H and O–H groups in total. The summed E-state index contributed by atoms with van der Waals surface area (Å²) in [5.41, 5.74) is 0.825. The summed E-state index contributed by atoms with van der Waals surface area (Å²) >= 11 is 3.16. The Labute approximate surface area is 183 Å². The summed E-state index contributed by atoms with van der Waals surface area (Å²) in [6, 6.07) is 5.35. The summed E-state index contributed by atoms with van der Waals surface area (Å²) in [7, 11) is -0.737. The summed E-state index contributed by atoms with van der Waals surface area (Å²) in [6.45, 7) is 5.18. The molecule has 3 unspecified atom stereocenters. The van der Waals surface area contributed by atoms with Gasteiger partial charge in [-0.2, -0.15) is 0 Å². The van der Waals surface area contributed by atoms with Crippen molar-refractivity contribution in [1.29, 1.82) is 0 Å². The van der Waals surface area contributed by atoms with Gasteiger partial charge in [-0.3, -0.25) is 4.21 Å². The first-order valence-corrected chi connectivity index (χ1v) is 11.1. The highest BCUT2D eigenvalue weighted by Gasteiger charge is 2.26. The maximum Gasteiger partial charge on any atom is 0.191 e. The van der Waals surface area contributed by atoms with Crippen molar-refractivity contribution >= 4 is 56.7 Å². The second-order valence-corrected chi connectivity index (χ2v) is 9.10. The number of rotatable bonds is 6. The molecule has 148 valence electrons. The molecule has 0 radical (unpaired) electrons. The Morgan fingerprint density at radius 3 is 2.81 bits per heavy atom. The van der Waals surface area contributed by atoms with Gasteiger partial charge >= 0.3 is 0 Å². The molecule has 1 aliphatic rings. The van der Waals surface area contributed by atoms with Crippen molar-refractivity contribution in [2.45, 2.75) is 57.4 Å². The molecule has 1 saturated carbocycles. The van der Waals surface area contributed by atoms with Crippen molar-refractivity contribution in [2.75, 3.05) is 12.3 Å². The van der Waals surface area contributed by atoms with Gasteiger partial charge in [-0.15, -0.1) is 24.0 Å².